The molecule has 1 aromatic rings. The first-order valence-electron chi connectivity index (χ1n) is 5.21. The van der Waals surface area contributed by atoms with Crippen LogP contribution in [0.2, 0.25) is 0 Å². The van der Waals surface area contributed by atoms with Gasteiger partial charge in [0.1, 0.15) is 6.29 Å². The molecule has 0 unspecified atom stereocenters. The zero-order valence-corrected chi connectivity index (χ0v) is 9.31. The standard InChI is InChI=1S/C13H17NO/c1-3-10-14(2)13-8-6-12(7-9-13)5-4-11-15/h4-9,11H,3,10H2,1-2H3/b5-4+. The van der Waals surface area contributed by atoms with Crippen molar-refractivity contribution in [1.29, 1.82) is 0 Å². The molecular formula is C13H17NO. The molecule has 2 heteroatoms. The van der Waals surface area contributed by atoms with Crippen molar-refractivity contribution >= 4 is 18.0 Å². The fraction of sp³-hybridized carbons (Fsp3) is 0.308. The van der Waals surface area contributed by atoms with Crippen LogP contribution in [-0.2, 0) is 4.79 Å². The van der Waals surface area contributed by atoms with Crippen LogP contribution in [0.5, 0.6) is 0 Å². The quantitative estimate of drug-likeness (QED) is 0.541. The average Bonchev–Trinajstić information content (AvgIpc) is 2.27. The monoisotopic (exact) mass is 203 g/mol. The van der Waals surface area contributed by atoms with Crippen molar-refractivity contribution in [3.63, 3.8) is 0 Å². The van der Waals surface area contributed by atoms with Gasteiger partial charge in [0.15, 0.2) is 0 Å². The number of hydrogen-bond donors (Lipinski definition) is 0. The lowest BCUT2D eigenvalue weighted by atomic mass is 10.2. The summed E-state index contributed by atoms with van der Waals surface area (Å²) in [6, 6.07) is 8.17. The highest BCUT2D eigenvalue weighted by Crippen LogP contribution is 2.14. The molecule has 0 aliphatic rings. The van der Waals surface area contributed by atoms with E-state index in [0.29, 0.717) is 0 Å². The maximum atomic E-state index is 10.1. The number of anilines is 1. The van der Waals surface area contributed by atoms with Crippen molar-refractivity contribution in [3.8, 4) is 0 Å². The molecule has 0 N–H and O–H groups in total. The number of hydrogen-bond acceptors (Lipinski definition) is 2. The molecule has 1 aromatic carbocycles. The van der Waals surface area contributed by atoms with Crippen molar-refractivity contribution in [2.45, 2.75) is 13.3 Å². The molecule has 2 nitrogen and oxygen atoms in total. The lowest BCUT2D eigenvalue weighted by Gasteiger charge is -2.18. The molecule has 0 saturated carbocycles. The fourth-order valence-electron chi connectivity index (χ4n) is 1.45. The van der Waals surface area contributed by atoms with Crippen LogP contribution >= 0.6 is 0 Å². The van der Waals surface area contributed by atoms with Gasteiger partial charge in [-0.15, -0.1) is 0 Å². The SMILES string of the molecule is CCCN(C)c1ccc(/C=C/C=O)cc1. The van der Waals surface area contributed by atoms with E-state index >= 15 is 0 Å². The number of benzene rings is 1. The molecule has 0 aromatic heterocycles. The third kappa shape index (κ3) is 3.58. The second kappa shape index (κ2) is 6.02. The van der Waals surface area contributed by atoms with Crippen LogP contribution in [0, 0.1) is 0 Å². The molecule has 15 heavy (non-hydrogen) atoms. The first-order valence-corrected chi connectivity index (χ1v) is 5.21. The highest BCUT2D eigenvalue weighted by Gasteiger charge is 1.97. The van der Waals surface area contributed by atoms with E-state index < -0.39 is 0 Å². The molecular weight excluding hydrogens is 186 g/mol. The van der Waals surface area contributed by atoms with Gasteiger partial charge in [0, 0.05) is 19.3 Å². The molecule has 0 aliphatic carbocycles. The smallest absolute Gasteiger partial charge is 0.142 e. The minimum Gasteiger partial charge on any atom is -0.375 e. The van der Waals surface area contributed by atoms with Gasteiger partial charge in [-0.2, -0.15) is 0 Å². The Balaban J connectivity index is 2.71. The summed E-state index contributed by atoms with van der Waals surface area (Å²) in [6.45, 7) is 3.22. The van der Waals surface area contributed by atoms with E-state index in [2.05, 4.69) is 31.0 Å². The summed E-state index contributed by atoms with van der Waals surface area (Å²) in [5.41, 5.74) is 2.26. The van der Waals surface area contributed by atoms with Gasteiger partial charge in [-0.3, -0.25) is 4.79 Å². The Morgan fingerprint density at radius 2 is 1.93 bits per heavy atom. The summed E-state index contributed by atoms with van der Waals surface area (Å²) < 4.78 is 0. The molecule has 0 saturated heterocycles. The van der Waals surface area contributed by atoms with Gasteiger partial charge in [-0.1, -0.05) is 25.1 Å². The molecule has 0 atom stereocenters. The molecule has 0 fully saturated rings. The van der Waals surface area contributed by atoms with Gasteiger partial charge in [-0.05, 0) is 30.2 Å². The van der Waals surface area contributed by atoms with Crippen LogP contribution in [-0.4, -0.2) is 19.9 Å². The van der Waals surface area contributed by atoms with Crippen LogP contribution < -0.4 is 4.90 Å². The topological polar surface area (TPSA) is 20.3 Å². The molecule has 0 bridgehead atoms. The molecule has 0 amide bonds. The number of rotatable bonds is 5. The Morgan fingerprint density at radius 3 is 2.47 bits per heavy atom. The van der Waals surface area contributed by atoms with Crippen molar-refractivity contribution in [2.75, 3.05) is 18.5 Å². The Bertz CT molecular complexity index is 327. The second-order valence-corrected chi connectivity index (χ2v) is 3.51. The molecule has 0 radical (unpaired) electrons. The summed E-state index contributed by atoms with van der Waals surface area (Å²) >= 11 is 0. The molecule has 0 aliphatic heterocycles. The van der Waals surface area contributed by atoms with E-state index in [1.807, 2.05) is 12.1 Å². The number of aldehydes is 1. The van der Waals surface area contributed by atoms with Crippen LogP contribution in [0.15, 0.2) is 30.3 Å². The molecule has 0 heterocycles. The highest BCUT2D eigenvalue weighted by atomic mass is 16.1. The number of carbonyl (C=O) groups excluding carboxylic acids is 1. The summed E-state index contributed by atoms with van der Waals surface area (Å²) in [7, 11) is 2.08. The summed E-state index contributed by atoms with van der Waals surface area (Å²) in [4.78, 5) is 12.4. The van der Waals surface area contributed by atoms with E-state index in [9.17, 15) is 4.79 Å². The summed E-state index contributed by atoms with van der Waals surface area (Å²) in [5.74, 6) is 0. The third-order valence-corrected chi connectivity index (χ3v) is 2.26. The van der Waals surface area contributed by atoms with Crippen LogP contribution in [0.25, 0.3) is 6.08 Å². The van der Waals surface area contributed by atoms with Crippen LogP contribution in [0.1, 0.15) is 18.9 Å². The van der Waals surface area contributed by atoms with E-state index in [1.54, 1.807) is 6.08 Å². The molecule has 80 valence electrons. The first-order chi connectivity index (χ1) is 7.27. The Labute approximate surface area is 91.2 Å². The average molecular weight is 203 g/mol. The van der Waals surface area contributed by atoms with Gasteiger partial charge >= 0.3 is 0 Å². The lowest BCUT2D eigenvalue weighted by Crippen LogP contribution is -2.17. The fourth-order valence-corrected chi connectivity index (χ4v) is 1.45. The van der Waals surface area contributed by atoms with Crippen molar-refractivity contribution in [1.82, 2.24) is 0 Å². The highest BCUT2D eigenvalue weighted by molar-refractivity contribution is 5.74. The predicted octanol–water partition coefficient (Wildman–Crippen LogP) is 2.74. The number of nitrogens with zero attached hydrogens (tertiary/aromatic N) is 1. The van der Waals surface area contributed by atoms with Gasteiger partial charge in [0.25, 0.3) is 0 Å². The van der Waals surface area contributed by atoms with Gasteiger partial charge < -0.3 is 4.90 Å². The maximum Gasteiger partial charge on any atom is 0.142 e. The minimum atomic E-state index is 0.789. The van der Waals surface area contributed by atoms with Crippen LogP contribution in [0.3, 0.4) is 0 Å². The molecule has 1 rings (SSSR count). The van der Waals surface area contributed by atoms with E-state index in [-0.39, 0.29) is 0 Å². The van der Waals surface area contributed by atoms with Gasteiger partial charge in [0.2, 0.25) is 0 Å². The second-order valence-electron chi connectivity index (χ2n) is 3.51. The number of allylic oxidation sites excluding steroid dienone is 1. The van der Waals surface area contributed by atoms with E-state index in [1.165, 1.54) is 11.8 Å². The Kier molecular flexibility index (Phi) is 4.61. The van der Waals surface area contributed by atoms with Crippen LogP contribution in [0.4, 0.5) is 5.69 Å². The van der Waals surface area contributed by atoms with Crippen molar-refractivity contribution < 1.29 is 4.79 Å². The Morgan fingerprint density at radius 1 is 1.27 bits per heavy atom. The maximum absolute atomic E-state index is 10.1. The predicted molar refractivity (Wildman–Crippen MR) is 65.1 cm³/mol. The minimum absolute atomic E-state index is 0.789. The summed E-state index contributed by atoms with van der Waals surface area (Å²) in [5, 5.41) is 0. The van der Waals surface area contributed by atoms with Gasteiger partial charge in [-0.25, -0.2) is 0 Å². The largest absolute Gasteiger partial charge is 0.375 e. The van der Waals surface area contributed by atoms with E-state index in [4.69, 9.17) is 0 Å². The normalized spacial score (nSPS) is 10.5. The zero-order valence-electron chi connectivity index (χ0n) is 9.31. The van der Waals surface area contributed by atoms with Gasteiger partial charge in [0.05, 0.1) is 0 Å². The lowest BCUT2D eigenvalue weighted by molar-refractivity contribution is -0.104. The third-order valence-electron chi connectivity index (χ3n) is 2.26. The number of carbonyl (C=O) groups is 1. The Hall–Kier alpha value is -1.57. The van der Waals surface area contributed by atoms with E-state index in [0.717, 1.165) is 24.8 Å². The van der Waals surface area contributed by atoms with Crippen molar-refractivity contribution in [2.24, 2.45) is 0 Å². The first kappa shape index (κ1) is 11.5. The molecule has 0 spiro atoms. The summed E-state index contributed by atoms with van der Waals surface area (Å²) in [6.07, 6.45) is 5.24. The zero-order chi connectivity index (χ0) is 11.1. The van der Waals surface area contributed by atoms with Crippen molar-refractivity contribution in [3.05, 3.63) is 35.9 Å².